The van der Waals surface area contributed by atoms with Gasteiger partial charge in [0, 0.05) is 51.1 Å². The SMILES string of the molecule is C=Cc1c(C)c2cc3nc(c4c5[nH]c(cc6nc(cc1[nH]2)C(C)=C6CC)c(C)c5C(=O)[C@]4(O)C(=O)OC)[C@@]1(C[C@@H]1CC(=O)OC/C=C(\C)CCCC(C)CCCC(C)C)[C@@H]3C. The summed E-state index contributed by atoms with van der Waals surface area (Å²) in [6.07, 6.45) is 12.3. The molecule has 0 amide bonds. The summed E-state index contributed by atoms with van der Waals surface area (Å²) in [6, 6.07) is 5.99. The van der Waals surface area contributed by atoms with Crippen LogP contribution < -0.4 is 0 Å². The van der Waals surface area contributed by atoms with E-state index in [2.05, 4.69) is 71.1 Å². The summed E-state index contributed by atoms with van der Waals surface area (Å²) in [4.78, 5) is 59.3. The van der Waals surface area contributed by atoms with E-state index in [0.29, 0.717) is 40.3 Å². The van der Waals surface area contributed by atoms with Crippen molar-refractivity contribution in [3.05, 3.63) is 87.0 Å². The van der Waals surface area contributed by atoms with Crippen molar-refractivity contribution in [1.29, 1.82) is 0 Å². The van der Waals surface area contributed by atoms with E-state index in [0.717, 1.165) is 77.0 Å². The Bertz CT molecular complexity index is 2540. The molecule has 2 aliphatic carbocycles. The number of rotatable bonds is 15. The summed E-state index contributed by atoms with van der Waals surface area (Å²) in [7, 11) is 1.16. The minimum Gasteiger partial charge on any atom is -0.466 e. The number of ketones is 1. The molecule has 3 aromatic heterocycles. The van der Waals surface area contributed by atoms with Gasteiger partial charge in [0.15, 0.2) is 0 Å². The van der Waals surface area contributed by atoms with Gasteiger partial charge in [0.2, 0.25) is 5.78 Å². The second kappa shape index (κ2) is 17.0. The normalized spacial score (nSPS) is 22.4. The summed E-state index contributed by atoms with van der Waals surface area (Å²) >= 11 is 0. The Balaban J connectivity index is 1.29. The lowest BCUT2D eigenvalue weighted by molar-refractivity contribution is -0.157. The molecule has 61 heavy (non-hydrogen) atoms. The van der Waals surface area contributed by atoms with Crippen LogP contribution in [0.15, 0.2) is 36.4 Å². The van der Waals surface area contributed by atoms with Crippen molar-refractivity contribution in [3.63, 3.8) is 0 Å². The van der Waals surface area contributed by atoms with Crippen molar-refractivity contribution in [2.24, 2.45) is 17.8 Å². The van der Waals surface area contributed by atoms with Crippen LogP contribution in [0.5, 0.6) is 0 Å². The number of hydrogen-bond donors (Lipinski definition) is 3. The molecule has 2 aliphatic heterocycles. The van der Waals surface area contributed by atoms with Gasteiger partial charge in [0.25, 0.3) is 5.60 Å². The number of Topliss-reactive ketones (excluding diaryl/α,β-unsaturated/α-hetero) is 1. The molecule has 7 rings (SSSR count). The Labute approximate surface area is 360 Å². The molecule has 3 N–H and O–H groups in total. The van der Waals surface area contributed by atoms with Crippen LogP contribution in [0, 0.1) is 31.6 Å². The number of fused-ring (bicyclic) bond motifs is 9. The van der Waals surface area contributed by atoms with E-state index in [4.69, 9.17) is 19.4 Å². The fourth-order valence-electron chi connectivity index (χ4n) is 10.3. The van der Waals surface area contributed by atoms with Gasteiger partial charge in [-0.15, -0.1) is 0 Å². The summed E-state index contributed by atoms with van der Waals surface area (Å²) in [5.41, 5.74) is 8.10. The zero-order valence-corrected chi connectivity index (χ0v) is 37.9. The Kier molecular flexibility index (Phi) is 12.3. The maximum absolute atomic E-state index is 14.5. The largest absolute Gasteiger partial charge is 0.466 e. The third-order valence-electron chi connectivity index (χ3n) is 14.2. The number of esters is 2. The van der Waals surface area contributed by atoms with Gasteiger partial charge in [-0.3, -0.25) is 14.6 Å². The number of hydrogen-bond acceptors (Lipinski definition) is 8. The number of aryl methyl sites for hydroxylation is 2. The number of aromatic amines is 2. The molecule has 0 aromatic carbocycles. The molecule has 10 heteroatoms. The summed E-state index contributed by atoms with van der Waals surface area (Å²) in [5.74, 6) is -1.19. The lowest BCUT2D eigenvalue weighted by atomic mass is 9.80. The summed E-state index contributed by atoms with van der Waals surface area (Å²) in [5, 5.41) is 12.5. The lowest BCUT2D eigenvalue weighted by Gasteiger charge is -2.24. The first-order chi connectivity index (χ1) is 29.0. The van der Waals surface area contributed by atoms with E-state index in [1.165, 1.54) is 31.3 Å². The van der Waals surface area contributed by atoms with E-state index in [9.17, 15) is 19.5 Å². The highest BCUT2D eigenvalue weighted by molar-refractivity contribution is 6.26. The molecule has 4 aliphatic rings. The van der Waals surface area contributed by atoms with Gasteiger partial charge in [0.05, 0.1) is 35.3 Å². The molecular weight excluding hydrogens is 765 g/mol. The monoisotopic (exact) mass is 828 g/mol. The number of nitrogens with zero attached hydrogens (tertiary/aromatic N) is 2. The summed E-state index contributed by atoms with van der Waals surface area (Å²) in [6.45, 7) is 23.4. The van der Waals surface area contributed by atoms with Gasteiger partial charge >= 0.3 is 11.9 Å². The number of nitrogens with one attached hydrogen (secondary N) is 2. The molecular formula is C51H64N4O6. The van der Waals surface area contributed by atoms with Crippen molar-refractivity contribution in [2.45, 2.75) is 137 Å². The molecule has 1 spiro atoms. The summed E-state index contributed by atoms with van der Waals surface area (Å²) < 4.78 is 11.0. The van der Waals surface area contributed by atoms with Crippen LogP contribution >= 0.6 is 0 Å². The number of carbonyl (C=O) groups excluding carboxylic acids is 3. The first kappa shape index (κ1) is 44.0. The first-order valence-corrected chi connectivity index (χ1v) is 22.3. The molecule has 324 valence electrons. The van der Waals surface area contributed by atoms with E-state index in [1.54, 1.807) is 0 Å². The number of aromatic nitrogens is 4. The van der Waals surface area contributed by atoms with Crippen LogP contribution in [0.4, 0.5) is 0 Å². The lowest BCUT2D eigenvalue weighted by Crippen LogP contribution is -2.43. The molecule has 1 unspecified atom stereocenters. The van der Waals surface area contributed by atoms with E-state index < -0.39 is 22.8 Å². The van der Waals surface area contributed by atoms with Gasteiger partial charge in [-0.1, -0.05) is 78.5 Å². The fraction of sp³-hybridized carbons (Fsp3) is 0.510. The highest BCUT2D eigenvalue weighted by Gasteiger charge is 2.67. The van der Waals surface area contributed by atoms with E-state index >= 15 is 0 Å². The van der Waals surface area contributed by atoms with Crippen LogP contribution in [0.1, 0.15) is 168 Å². The number of allylic oxidation sites excluding steroid dienone is 3. The van der Waals surface area contributed by atoms with Gasteiger partial charge < -0.3 is 24.5 Å². The number of aliphatic hydroxyl groups is 1. The van der Waals surface area contributed by atoms with Crippen LogP contribution in [0.3, 0.4) is 0 Å². The molecule has 1 fully saturated rings. The van der Waals surface area contributed by atoms with Crippen LogP contribution in [-0.4, -0.2) is 56.5 Å². The fourth-order valence-corrected chi connectivity index (χ4v) is 10.3. The van der Waals surface area contributed by atoms with Gasteiger partial charge in [-0.25, -0.2) is 9.78 Å². The minimum absolute atomic E-state index is 0.0835. The molecule has 5 atom stereocenters. The molecule has 3 aromatic rings. The maximum atomic E-state index is 14.5. The molecule has 0 saturated heterocycles. The van der Waals surface area contributed by atoms with Crippen LogP contribution in [0.25, 0.3) is 39.3 Å². The minimum atomic E-state index is -2.65. The highest BCUT2D eigenvalue weighted by Crippen LogP contribution is 2.67. The number of H-pyrrole nitrogens is 2. The molecule has 0 radical (unpaired) electrons. The van der Waals surface area contributed by atoms with Crippen molar-refractivity contribution in [1.82, 2.24) is 19.9 Å². The van der Waals surface area contributed by atoms with E-state index in [1.807, 2.05) is 38.1 Å². The molecule has 5 heterocycles. The Morgan fingerprint density at radius 3 is 2.39 bits per heavy atom. The maximum Gasteiger partial charge on any atom is 0.351 e. The number of methoxy groups -OCH3 is 1. The predicted molar refractivity (Wildman–Crippen MR) is 243 cm³/mol. The van der Waals surface area contributed by atoms with E-state index in [-0.39, 0.29) is 42.0 Å². The smallest absolute Gasteiger partial charge is 0.351 e. The average Bonchev–Trinajstić information content (AvgIpc) is 3.33. The topological polar surface area (TPSA) is 147 Å². The molecule has 8 bridgehead atoms. The van der Waals surface area contributed by atoms with Crippen molar-refractivity contribution in [2.75, 3.05) is 13.7 Å². The third kappa shape index (κ3) is 7.63. The number of carbonyl (C=O) groups is 3. The van der Waals surface area contributed by atoms with Gasteiger partial charge in [-0.05, 0) is 118 Å². The quantitative estimate of drug-likeness (QED) is 0.0779. The van der Waals surface area contributed by atoms with Crippen molar-refractivity contribution in [3.8, 4) is 0 Å². The van der Waals surface area contributed by atoms with Gasteiger partial charge in [0.1, 0.15) is 6.61 Å². The molecule has 1 saturated carbocycles. The second-order valence-corrected chi connectivity index (χ2v) is 18.6. The standard InChI is InChI=1S/C51H64N4O6/c1-12-35-30(7)37-23-40-33(10)50(26-34(50)22-43(56)61-21-20-29(6)19-15-18-28(5)17-14-16-27(3)4)47(55-40)45-46-44(48(57)51(45,59)49(58)60-11)32(9)39(54-46)25-42-36(13-2)31(8)38(53-42)24-41(35)52-37/h12,20,23-25,27-28,33-34,52,54,59H,1,13-19,21-22,26H2,2-11H3/b29-20+,37-23?,38-24?,39-25?,40-23?,41-24?,42-25?,47-45?/t28?,33-,34+,50+,51+/m1/s1. The zero-order valence-electron chi connectivity index (χ0n) is 37.9. The average molecular weight is 829 g/mol. The van der Waals surface area contributed by atoms with Crippen molar-refractivity contribution >= 4 is 57.0 Å². The Morgan fingerprint density at radius 2 is 1.70 bits per heavy atom. The number of ether oxygens (including phenoxy) is 2. The van der Waals surface area contributed by atoms with Crippen LogP contribution in [-0.2, 0) is 30.1 Å². The third-order valence-corrected chi connectivity index (χ3v) is 14.2. The predicted octanol–water partition coefficient (Wildman–Crippen LogP) is 11.0. The Hall–Kier alpha value is -5.09. The highest BCUT2D eigenvalue weighted by atomic mass is 16.5. The first-order valence-electron chi connectivity index (χ1n) is 22.3. The zero-order chi connectivity index (χ0) is 44.1. The molecule has 10 nitrogen and oxygen atoms in total. The van der Waals surface area contributed by atoms with Crippen LogP contribution in [0.2, 0.25) is 0 Å². The Morgan fingerprint density at radius 1 is 1.00 bits per heavy atom. The van der Waals surface area contributed by atoms with Gasteiger partial charge in [-0.2, -0.15) is 0 Å². The second-order valence-electron chi connectivity index (χ2n) is 18.6. The van der Waals surface area contributed by atoms with Crippen molar-refractivity contribution < 1.29 is 29.0 Å².